The molecule has 2 aromatic carbocycles. The highest BCUT2D eigenvalue weighted by Crippen LogP contribution is 2.19. The molecule has 0 spiro atoms. The fourth-order valence-electron chi connectivity index (χ4n) is 2.05. The van der Waals surface area contributed by atoms with E-state index in [1.807, 2.05) is 18.2 Å². The number of Topliss-reactive ketones (excluding diaryl/α,β-unsaturated/α-hetero) is 1. The Bertz CT molecular complexity index is 827. The molecule has 0 amide bonds. The summed E-state index contributed by atoms with van der Waals surface area (Å²) in [5, 5.41) is 0.376. The third-order valence-corrected chi connectivity index (χ3v) is 3.69. The van der Waals surface area contributed by atoms with Crippen molar-refractivity contribution in [1.82, 2.24) is 0 Å². The van der Waals surface area contributed by atoms with Crippen molar-refractivity contribution >= 4 is 35.4 Å². The molecule has 0 saturated heterocycles. The summed E-state index contributed by atoms with van der Waals surface area (Å²) < 4.78 is 9.91. The summed E-state index contributed by atoms with van der Waals surface area (Å²) in [6, 6.07) is 15.8. The quantitative estimate of drug-likeness (QED) is 0.321. The van der Waals surface area contributed by atoms with Gasteiger partial charge < -0.3 is 9.47 Å². The van der Waals surface area contributed by atoms with E-state index in [0.717, 1.165) is 5.56 Å². The van der Waals surface area contributed by atoms with E-state index in [4.69, 9.17) is 21.1 Å². The monoisotopic (exact) mass is 372 g/mol. The van der Waals surface area contributed by atoms with E-state index >= 15 is 0 Å². The molecule has 0 atom stereocenters. The number of ketones is 1. The molecule has 0 fully saturated rings. The molecule has 0 aliphatic heterocycles. The van der Waals surface area contributed by atoms with Gasteiger partial charge in [-0.25, -0.2) is 4.79 Å². The Morgan fingerprint density at radius 2 is 1.62 bits per heavy atom. The molecule has 0 saturated carbocycles. The van der Waals surface area contributed by atoms with Gasteiger partial charge in [0.25, 0.3) is 0 Å². The maximum Gasteiger partial charge on any atom is 0.342 e. The minimum atomic E-state index is -0.814. The van der Waals surface area contributed by atoms with Crippen LogP contribution >= 0.6 is 11.6 Å². The van der Waals surface area contributed by atoms with Gasteiger partial charge in [0, 0.05) is 11.9 Å². The van der Waals surface area contributed by atoms with Crippen LogP contribution in [0, 0.1) is 0 Å². The number of ether oxygens (including phenoxy) is 2. The van der Waals surface area contributed by atoms with Crippen LogP contribution in [0.5, 0.6) is 0 Å². The van der Waals surface area contributed by atoms with Crippen LogP contribution in [0.2, 0.25) is 5.02 Å². The van der Waals surface area contributed by atoms with Crippen molar-refractivity contribution in [3.8, 4) is 0 Å². The van der Waals surface area contributed by atoms with Crippen LogP contribution in [0.4, 0.5) is 0 Å². The summed E-state index contributed by atoms with van der Waals surface area (Å²) in [5.41, 5.74) is 1.03. The van der Waals surface area contributed by atoms with E-state index in [1.54, 1.807) is 36.4 Å². The summed E-state index contributed by atoms with van der Waals surface area (Å²) in [7, 11) is 0. The minimum absolute atomic E-state index is 0.0143. The van der Waals surface area contributed by atoms with Crippen molar-refractivity contribution in [2.24, 2.45) is 0 Å². The Morgan fingerprint density at radius 3 is 2.27 bits per heavy atom. The van der Waals surface area contributed by atoms with Crippen molar-refractivity contribution in [3.05, 3.63) is 76.3 Å². The lowest BCUT2D eigenvalue weighted by Crippen LogP contribution is -2.21. The number of halogens is 1. The molecule has 5 nitrogen and oxygen atoms in total. The largest absolute Gasteiger partial charge is 0.457 e. The van der Waals surface area contributed by atoms with Crippen LogP contribution in [0.1, 0.15) is 18.1 Å². The van der Waals surface area contributed by atoms with E-state index in [1.165, 1.54) is 13.0 Å². The predicted octanol–water partition coefficient (Wildman–Crippen LogP) is 3.60. The lowest BCUT2D eigenvalue weighted by atomic mass is 10.1. The van der Waals surface area contributed by atoms with Gasteiger partial charge in [-0.05, 0) is 23.3 Å². The first-order valence-corrected chi connectivity index (χ1v) is 8.19. The fraction of sp³-hybridized carbons (Fsp3) is 0.150. The average Bonchev–Trinajstić information content (AvgIpc) is 2.64. The van der Waals surface area contributed by atoms with Gasteiger partial charge in [-0.2, -0.15) is 0 Å². The van der Waals surface area contributed by atoms with Crippen LogP contribution in [0.15, 0.2) is 60.2 Å². The van der Waals surface area contributed by atoms with E-state index in [0.29, 0.717) is 10.6 Å². The number of carbonyl (C=O) groups is 3. The standard InChI is InChI=1S/C20H17ClO5/c1-14(22)25-13-19(23)17(11-16-9-5-6-10-18(16)21)20(24)26-12-15-7-3-2-4-8-15/h2-11H,12-13H2,1H3/b17-11-. The zero-order chi connectivity index (χ0) is 18.9. The number of hydrogen-bond donors (Lipinski definition) is 0. The smallest absolute Gasteiger partial charge is 0.342 e. The Balaban J connectivity index is 2.21. The second-order valence-corrected chi connectivity index (χ2v) is 5.75. The number of esters is 2. The first-order chi connectivity index (χ1) is 12.5. The van der Waals surface area contributed by atoms with Crippen molar-refractivity contribution in [2.75, 3.05) is 6.61 Å². The number of rotatable bonds is 7. The zero-order valence-electron chi connectivity index (χ0n) is 14.1. The molecular formula is C20H17ClO5. The highest BCUT2D eigenvalue weighted by Gasteiger charge is 2.21. The number of hydrogen-bond acceptors (Lipinski definition) is 5. The van der Waals surface area contributed by atoms with E-state index in [2.05, 4.69) is 0 Å². The molecule has 2 aromatic rings. The van der Waals surface area contributed by atoms with Gasteiger partial charge in [0.2, 0.25) is 5.78 Å². The molecule has 0 heterocycles. The van der Waals surface area contributed by atoms with Gasteiger partial charge in [-0.3, -0.25) is 9.59 Å². The predicted molar refractivity (Wildman–Crippen MR) is 97.3 cm³/mol. The summed E-state index contributed by atoms with van der Waals surface area (Å²) in [6.07, 6.45) is 1.33. The molecule has 134 valence electrons. The second kappa shape index (κ2) is 9.53. The topological polar surface area (TPSA) is 69.7 Å². The number of carbonyl (C=O) groups excluding carboxylic acids is 3. The maximum absolute atomic E-state index is 12.4. The Morgan fingerprint density at radius 1 is 0.962 bits per heavy atom. The maximum atomic E-state index is 12.4. The van der Waals surface area contributed by atoms with Crippen LogP contribution in [-0.2, 0) is 30.5 Å². The van der Waals surface area contributed by atoms with E-state index < -0.39 is 24.3 Å². The van der Waals surface area contributed by atoms with Crippen LogP contribution < -0.4 is 0 Å². The number of benzene rings is 2. The highest BCUT2D eigenvalue weighted by atomic mass is 35.5. The highest BCUT2D eigenvalue weighted by molar-refractivity contribution is 6.32. The normalized spacial score (nSPS) is 10.9. The molecule has 0 bridgehead atoms. The Labute approximate surface area is 156 Å². The Hall–Kier alpha value is -2.92. The van der Waals surface area contributed by atoms with Gasteiger partial charge in [0.15, 0.2) is 6.61 Å². The van der Waals surface area contributed by atoms with E-state index in [-0.39, 0.29) is 12.2 Å². The molecule has 0 aliphatic carbocycles. The van der Waals surface area contributed by atoms with Gasteiger partial charge in [-0.1, -0.05) is 60.1 Å². The first-order valence-electron chi connectivity index (χ1n) is 7.81. The summed E-state index contributed by atoms with van der Waals surface area (Å²) in [5.74, 6) is -2.10. The van der Waals surface area contributed by atoms with Gasteiger partial charge >= 0.3 is 11.9 Å². The summed E-state index contributed by atoms with van der Waals surface area (Å²) in [4.78, 5) is 35.7. The van der Waals surface area contributed by atoms with Crippen molar-refractivity contribution in [3.63, 3.8) is 0 Å². The summed E-state index contributed by atoms with van der Waals surface area (Å²) >= 11 is 6.08. The van der Waals surface area contributed by atoms with Crippen molar-refractivity contribution in [2.45, 2.75) is 13.5 Å². The molecule has 26 heavy (non-hydrogen) atoms. The second-order valence-electron chi connectivity index (χ2n) is 5.34. The van der Waals surface area contributed by atoms with Gasteiger partial charge in [-0.15, -0.1) is 0 Å². The molecule has 0 radical (unpaired) electrons. The summed E-state index contributed by atoms with van der Waals surface area (Å²) in [6.45, 7) is 0.644. The molecule has 0 aromatic heterocycles. The third kappa shape index (κ3) is 5.86. The van der Waals surface area contributed by atoms with Crippen LogP contribution in [0.3, 0.4) is 0 Å². The van der Waals surface area contributed by atoms with Crippen molar-refractivity contribution < 1.29 is 23.9 Å². The molecule has 6 heteroatoms. The molecular weight excluding hydrogens is 356 g/mol. The molecule has 0 unspecified atom stereocenters. The molecule has 2 rings (SSSR count). The molecule has 0 N–H and O–H groups in total. The first kappa shape index (κ1) is 19.4. The SMILES string of the molecule is CC(=O)OCC(=O)/C(=C/c1ccccc1Cl)C(=O)OCc1ccccc1. The lowest BCUT2D eigenvalue weighted by molar-refractivity contribution is -0.147. The van der Waals surface area contributed by atoms with Crippen LogP contribution in [0.25, 0.3) is 6.08 Å². The molecule has 0 aliphatic rings. The third-order valence-electron chi connectivity index (χ3n) is 3.34. The van der Waals surface area contributed by atoms with E-state index in [9.17, 15) is 14.4 Å². The van der Waals surface area contributed by atoms with Gasteiger partial charge in [0.05, 0.1) is 0 Å². The zero-order valence-corrected chi connectivity index (χ0v) is 14.9. The average molecular weight is 373 g/mol. The van der Waals surface area contributed by atoms with Crippen molar-refractivity contribution in [1.29, 1.82) is 0 Å². The Kier molecular flexibility index (Phi) is 7.12. The fourth-order valence-corrected chi connectivity index (χ4v) is 2.24. The van der Waals surface area contributed by atoms with Gasteiger partial charge in [0.1, 0.15) is 12.2 Å². The minimum Gasteiger partial charge on any atom is -0.457 e. The lowest BCUT2D eigenvalue weighted by Gasteiger charge is -2.09. The van der Waals surface area contributed by atoms with Crippen LogP contribution in [-0.4, -0.2) is 24.3 Å².